The quantitative estimate of drug-likeness (QED) is 0.772. The third kappa shape index (κ3) is 2.94. The van der Waals surface area contributed by atoms with Gasteiger partial charge >= 0.3 is 15.8 Å². The van der Waals surface area contributed by atoms with Gasteiger partial charge in [0.15, 0.2) is 4.90 Å². The van der Waals surface area contributed by atoms with Crippen molar-refractivity contribution in [2.24, 2.45) is 14.1 Å². The van der Waals surface area contributed by atoms with Crippen LogP contribution in [0.2, 0.25) is 0 Å². The molecule has 2 aromatic rings. The van der Waals surface area contributed by atoms with Gasteiger partial charge in [-0.05, 0) is 37.5 Å². The second-order valence-electron chi connectivity index (χ2n) is 5.44. The molecular weight excluding hydrogens is 320 g/mol. The van der Waals surface area contributed by atoms with Crippen molar-refractivity contribution in [2.75, 3.05) is 0 Å². The van der Waals surface area contributed by atoms with E-state index >= 15 is 0 Å². The van der Waals surface area contributed by atoms with Crippen LogP contribution in [0.25, 0.3) is 0 Å². The first-order valence-electron chi connectivity index (χ1n) is 6.84. The largest absolute Gasteiger partial charge is 0.378 e. The number of benzene rings is 1. The van der Waals surface area contributed by atoms with Crippen molar-refractivity contribution in [1.29, 1.82) is 0 Å². The fourth-order valence-corrected chi connectivity index (χ4v) is 3.36. The molecule has 0 spiro atoms. The van der Waals surface area contributed by atoms with Crippen LogP contribution in [0.3, 0.4) is 0 Å². The highest BCUT2D eigenvalue weighted by Gasteiger charge is 2.25. The van der Waals surface area contributed by atoms with E-state index in [0.29, 0.717) is 11.1 Å². The summed E-state index contributed by atoms with van der Waals surface area (Å²) in [6.45, 7) is 5.29. The Labute approximate surface area is 133 Å². The maximum Gasteiger partial charge on any atom is 0.346 e. The fourth-order valence-electron chi connectivity index (χ4n) is 2.15. The minimum absolute atomic E-state index is 0.195. The molecule has 7 nitrogen and oxygen atoms in total. The van der Waals surface area contributed by atoms with E-state index in [2.05, 4.69) is 0 Å². The number of hydrogen-bond donors (Lipinski definition) is 0. The standard InChI is InChI=1S/C15H18N2O5S/c1-9-6-7-10(2)13(11(9)3)22-23(20,21)12-8-16(4)15(19)17(5)14(12)18/h6-8H,1-5H3. The third-order valence-corrected chi connectivity index (χ3v) is 4.96. The topological polar surface area (TPSA) is 87.4 Å². The van der Waals surface area contributed by atoms with E-state index in [1.165, 1.54) is 14.1 Å². The molecule has 0 fully saturated rings. The Morgan fingerprint density at radius 2 is 1.57 bits per heavy atom. The van der Waals surface area contributed by atoms with Crippen molar-refractivity contribution in [3.8, 4) is 5.75 Å². The highest BCUT2D eigenvalue weighted by atomic mass is 32.2. The SMILES string of the molecule is Cc1ccc(C)c(OS(=O)(=O)c2cn(C)c(=O)n(C)c2=O)c1C. The van der Waals surface area contributed by atoms with Crippen LogP contribution in [0.5, 0.6) is 5.75 Å². The molecule has 0 atom stereocenters. The Morgan fingerprint density at radius 3 is 2.17 bits per heavy atom. The highest BCUT2D eigenvalue weighted by molar-refractivity contribution is 7.87. The lowest BCUT2D eigenvalue weighted by Crippen LogP contribution is -2.40. The van der Waals surface area contributed by atoms with Gasteiger partial charge in [-0.2, -0.15) is 8.42 Å². The zero-order valence-corrected chi connectivity index (χ0v) is 14.4. The molecule has 0 N–H and O–H groups in total. The van der Waals surface area contributed by atoms with Gasteiger partial charge in [0.2, 0.25) is 0 Å². The Kier molecular flexibility index (Phi) is 4.21. The van der Waals surface area contributed by atoms with Crippen LogP contribution in [0, 0.1) is 20.8 Å². The summed E-state index contributed by atoms with van der Waals surface area (Å²) < 4.78 is 32.0. The van der Waals surface area contributed by atoms with E-state index in [0.717, 1.165) is 20.9 Å². The first-order chi connectivity index (χ1) is 10.6. The Balaban J connectivity index is 2.65. The molecule has 23 heavy (non-hydrogen) atoms. The van der Waals surface area contributed by atoms with Gasteiger partial charge in [-0.1, -0.05) is 12.1 Å². The minimum atomic E-state index is -4.36. The van der Waals surface area contributed by atoms with Crippen molar-refractivity contribution in [3.63, 3.8) is 0 Å². The molecular formula is C15H18N2O5S. The Bertz CT molecular complexity index is 1000. The fraction of sp³-hybridized carbons (Fsp3) is 0.333. The molecule has 124 valence electrons. The summed E-state index contributed by atoms with van der Waals surface area (Å²) in [5, 5.41) is 0. The zero-order chi connectivity index (χ0) is 17.5. The molecule has 0 saturated heterocycles. The molecule has 1 heterocycles. The van der Waals surface area contributed by atoms with Crippen molar-refractivity contribution < 1.29 is 12.6 Å². The summed E-state index contributed by atoms with van der Waals surface area (Å²) in [6.07, 6.45) is 0.973. The maximum absolute atomic E-state index is 12.5. The normalized spacial score (nSPS) is 11.5. The van der Waals surface area contributed by atoms with E-state index < -0.39 is 26.3 Å². The van der Waals surface area contributed by atoms with Gasteiger partial charge in [-0.25, -0.2) is 4.79 Å². The van der Waals surface area contributed by atoms with Gasteiger partial charge in [0.1, 0.15) is 5.75 Å². The Morgan fingerprint density at radius 1 is 1.00 bits per heavy atom. The van der Waals surface area contributed by atoms with Crippen molar-refractivity contribution in [1.82, 2.24) is 9.13 Å². The molecule has 1 aromatic heterocycles. The number of hydrogen-bond acceptors (Lipinski definition) is 5. The maximum atomic E-state index is 12.5. The summed E-state index contributed by atoms with van der Waals surface area (Å²) in [4.78, 5) is 23.2. The number of aryl methyl sites for hydroxylation is 3. The second-order valence-corrected chi connectivity index (χ2v) is 6.96. The molecule has 0 aliphatic heterocycles. The van der Waals surface area contributed by atoms with Crippen LogP contribution < -0.4 is 15.4 Å². The predicted molar refractivity (Wildman–Crippen MR) is 85.4 cm³/mol. The molecule has 0 saturated carbocycles. The van der Waals surface area contributed by atoms with Crippen molar-refractivity contribution in [3.05, 3.63) is 55.9 Å². The third-order valence-electron chi connectivity index (χ3n) is 3.75. The monoisotopic (exact) mass is 338 g/mol. The van der Waals surface area contributed by atoms with Crippen LogP contribution >= 0.6 is 0 Å². The predicted octanol–water partition coefficient (Wildman–Crippen LogP) is 0.777. The Hall–Kier alpha value is -2.35. The van der Waals surface area contributed by atoms with Gasteiger partial charge in [0.25, 0.3) is 5.56 Å². The summed E-state index contributed by atoms with van der Waals surface area (Å²) in [7, 11) is -1.78. The van der Waals surface area contributed by atoms with Crippen molar-refractivity contribution >= 4 is 10.1 Å². The van der Waals surface area contributed by atoms with E-state index in [4.69, 9.17) is 4.18 Å². The van der Waals surface area contributed by atoms with Gasteiger partial charge in [-0.3, -0.25) is 9.36 Å². The van der Waals surface area contributed by atoms with Crippen LogP contribution in [0.1, 0.15) is 16.7 Å². The lowest BCUT2D eigenvalue weighted by Gasteiger charge is -2.14. The van der Waals surface area contributed by atoms with Crippen LogP contribution in [0.15, 0.2) is 32.8 Å². The van der Waals surface area contributed by atoms with E-state index in [9.17, 15) is 18.0 Å². The molecule has 0 radical (unpaired) electrons. The number of rotatable bonds is 3. The second kappa shape index (κ2) is 5.69. The average molecular weight is 338 g/mol. The van der Waals surface area contributed by atoms with E-state index in [-0.39, 0.29) is 5.75 Å². The molecule has 0 aliphatic carbocycles. The summed E-state index contributed by atoms with van der Waals surface area (Å²) >= 11 is 0. The van der Waals surface area contributed by atoms with Crippen molar-refractivity contribution in [2.45, 2.75) is 25.7 Å². The smallest absolute Gasteiger partial charge is 0.346 e. The van der Waals surface area contributed by atoms with Gasteiger partial charge in [0, 0.05) is 20.3 Å². The summed E-state index contributed by atoms with van der Waals surface area (Å²) in [5.74, 6) is 0.195. The van der Waals surface area contributed by atoms with Crippen LogP contribution in [-0.2, 0) is 24.2 Å². The molecule has 0 aliphatic rings. The van der Waals surface area contributed by atoms with Crippen LogP contribution in [0.4, 0.5) is 0 Å². The lowest BCUT2D eigenvalue weighted by molar-refractivity contribution is 0.476. The molecule has 0 unspecified atom stereocenters. The molecule has 2 rings (SSSR count). The minimum Gasteiger partial charge on any atom is -0.378 e. The number of aromatic nitrogens is 2. The summed E-state index contributed by atoms with van der Waals surface area (Å²) in [6, 6.07) is 3.60. The first-order valence-corrected chi connectivity index (χ1v) is 8.25. The molecule has 0 bridgehead atoms. The lowest BCUT2D eigenvalue weighted by atomic mass is 10.1. The molecule has 8 heteroatoms. The number of nitrogens with zero attached hydrogens (tertiary/aromatic N) is 2. The summed E-state index contributed by atoms with van der Waals surface area (Å²) in [5.41, 5.74) is 0.649. The average Bonchev–Trinajstić information content (AvgIpc) is 2.49. The van der Waals surface area contributed by atoms with E-state index in [1.807, 2.05) is 13.0 Å². The highest BCUT2D eigenvalue weighted by Crippen LogP contribution is 2.28. The van der Waals surface area contributed by atoms with E-state index in [1.54, 1.807) is 19.9 Å². The van der Waals surface area contributed by atoms with Gasteiger partial charge in [0.05, 0.1) is 0 Å². The zero-order valence-electron chi connectivity index (χ0n) is 13.6. The van der Waals surface area contributed by atoms with Crippen LogP contribution in [-0.4, -0.2) is 17.6 Å². The first kappa shape index (κ1) is 17.0. The molecule has 0 amide bonds. The van der Waals surface area contributed by atoms with Gasteiger partial charge in [-0.15, -0.1) is 0 Å². The van der Waals surface area contributed by atoms with Gasteiger partial charge < -0.3 is 8.75 Å². The molecule has 1 aromatic carbocycles.